The molecule has 1 heterocycles. The lowest BCUT2D eigenvalue weighted by molar-refractivity contribution is -0.127. The minimum atomic E-state index is -0.533. The van der Waals surface area contributed by atoms with Gasteiger partial charge in [0.1, 0.15) is 5.82 Å². The maximum absolute atomic E-state index is 13.8. The second kappa shape index (κ2) is 9.23. The molecule has 0 radical (unpaired) electrons. The molecule has 0 bridgehead atoms. The van der Waals surface area contributed by atoms with Crippen LogP contribution in [0.2, 0.25) is 0 Å². The van der Waals surface area contributed by atoms with Crippen LogP contribution in [0.4, 0.5) is 4.39 Å². The van der Waals surface area contributed by atoms with Gasteiger partial charge in [-0.3, -0.25) is 9.59 Å². The van der Waals surface area contributed by atoms with Crippen LogP contribution in [0.5, 0.6) is 11.5 Å². The lowest BCUT2D eigenvalue weighted by Gasteiger charge is -2.34. The van der Waals surface area contributed by atoms with Gasteiger partial charge < -0.3 is 19.3 Å². The molecule has 1 saturated heterocycles. The summed E-state index contributed by atoms with van der Waals surface area (Å²) < 4.78 is 24.3. The second-order valence-corrected chi connectivity index (χ2v) is 6.55. The fourth-order valence-electron chi connectivity index (χ4n) is 3.16. The highest BCUT2D eigenvalue weighted by atomic mass is 19.1. The van der Waals surface area contributed by atoms with E-state index < -0.39 is 5.82 Å². The normalized spacial score (nSPS) is 14.2. The van der Waals surface area contributed by atoms with Gasteiger partial charge in [0, 0.05) is 32.3 Å². The summed E-state index contributed by atoms with van der Waals surface area (Å²) in [5.41, 5.74) is 0.866. The van der Waals surface area contributed by atoms with Gasteiger partial charge in [0.05, 0.1) is 19.8 Å². The summed E-state index contributed by atoms with van der Waals surface area (Å²) in [4.78, 5) is 28.2. The highest BCUT2D eigenvalue weighted by Crippen LogP contribution is 2.28. The third-order valence-corrected chi connectivity index (χ3v) is 4.81. The van der Waals surface area contributed by atoms with E-state index in [9.17, 15) is 14.0 Å². The van der Waals surface area contributed by atoms with E-state index in [1.165, 1.54) is 18.2 Å². The Balaban J connectivity index is 1.58. The molecule has 0 saturated carbocycles. The van der Waals surface area contributed by atoms with Crippen LogP contribution in [0.3, 0.4) is 0 Å². The van der Waals surface area contributed by atoms with Crippen molar-refractivity contribution < 1.29 is 23.5 Å². The summed E-state index contributed by atoms with van der Waals surface area (Å²) in [5, 5.41) is 0. The van der Waals surface area contributed by atoms with Gasteiger partial charge in [0.2, 0.25) is 5.91 Å². The maximum atomic E-state index is 13.8. The van der Waals surface area contributed by atoms with Gasteiger partial charge in [-0.05, 0) is 35.9 Å². The van der Waals surface area contributed by atoms with E-state index >= 15 is 0 Å². The molecule has 7 heteroatoms. The smallest absolute Gasteiger partial charge is 0.256 e. The lowest BCUT2D eigenvalue weighted by Crippen LogP contribution is -2.50. The molecule has 2 amide bonds. The Morgan fingerprint density at radius 1 is 0.931 bits per heavy atom. The zero-order valence-corrected chi connectivity index (χ0v) is 16.4. The van der Waals surface area contributed by atoms with Crippen molar-refractivity contribution in [2.75, 3.05) is 40.4 Å². The van der Waals surface area contributed by atoms with Crippen molar-refractivity contribution in [3.8, 4) is 11.5 Å². The number of nitrogens with zero attached hydrogens (tertiary/aromatic N) is 2. The Bertz CT molecular complexity index is 921. The zero-order chi connectivity index (χ0) is 20.8. The maximum Gasteiger partial charge on any atom is 0.256 e. The number of amides is 2. The fraction of sp³-hybridized carbons (Fsp3) is 0.273. The summed E-state index contributed by atoms with van der Waals surface area (Å²) in [7, 11) is 3.12. The van der Waals surface area contributed by atoms with E-state index in [4.69, 9.17) is 9.47 Å². The van der Waals surface area contributed by atoms with E-state index in [2.05, 4.69) is 0 Å². The van der Waals surface area contributed by atoms with Gasteiger partial charge in [0.25, 0.3) is 5.91 Å². The van der Waals surface area contributed by atoms with Gasteiger partial charge in [-0.1, -0.05) is 18.2 Å². The number of piperazine rings is 1. The molecule has 1 aliphatic rings. The summed E-state index contributed by atoms with van der Waals surface area (Å²) >= 11 is 0. The number of carbonyl (C=O) groups is 2. The summed E-state index contributed by atoms with van der Waals surface area (Å²) in [6.45, 7) is 1.52. The van der Waals surface area contributed by atoms with E-state index in [1.807, 2.05) is 6.07 Å². The standard InChI is InChI=1S/C22H23FN2O4/c1-28-19-9-7-16(15-20(19)29-2)8-10-21(26)24-11-13-25(14-12-24)22(27)17-5-3-4-6-18(17)23/h3-10,15H,11-14H2,1-2H3. The summed E-state index contributed by atoms with van der Waals surface area (Å²) in [6.07, 6.45) is 3.21. The second-order valence-electron chi connectivity index (χ2n) is 6.55. The number of methoxy groups -OCH3 is 2. The van der Waals surface area contributed by atoms with Crippen molar-refractivity contribution in [3.63, 3.8) is 0 Å². The first-order chi connectivity index (χ1) is 14.0. The molecule has 1 aliphatic heterocycles. The van der Waals surface area contributed by atoms with Crippen LogP contribution in [-0.2, 0) is 4.79 Å². The molecule has 152 valence electrons. The Kier molecular flexibility index (Phi) is 6.49. The van der Waals surface area contributed by atoms with Crippen LogP contribution in [0.1, 0.15) is 15.9 Å². The molecule has 0 atom stereocenters. The highest BCUT2D eigenvalue weighted by Gasteiger charge is 2.25. The molecule has 0 unspecified atom stereocenters. The van der Waals surface area contributed by atoms with Gasteiger partial charge in [-0.15, -0.1) is 0 Å². The van der Waals surface area contributed by atoms with Gasteiger partial charge >= 0.3 is 0 Å². The number of carbonyl (C=O) groups excluding carboxylic acids is 2. The fourth-order valence-corrected chi connectivity index (χ4v) is 3.16. The van der Waals surface area contributed by atoms with E-state index in [0.29, 0.717) is 37.7 Å². The largest absolute Gasteiger partial charge is 0.493 e. The Morgan fingerprint density at radius 2 is 1.59 bits per heavy atom. The third-order valence-electron chi connectivity index (χ3n) is 4.81. The van der Waals surface area contributed by atoms with Crippen LogP contribution in [0.15, 0.2) is 48.5 Å². The molecular weight excluding hydrogens is 375 g/mol. The number of hydrogen-bond acceptors (Lipinski definition) is 4. The highest BCUT2D eigenvalue weighted by molar-refractivity contribution is 5.95. The van der Waals surface area contributed by atoms with Crippen molar-refractivity contribution >= 4 is 17.9 Å². The number of benzene rings is 2. The first-order valence-electron chi connectivity index (χ1n) is 9.26. The molecule has 3 rings (SSSR count). The van der Waals surface area contributed by atoms with E-state index in [0.717, 1.165) is 5.56 Å². The molecule has 6 nitrogen and oxygen atoms in total. The quantitative estimate of drug-likeness (QED) is 0.727. The predicted molar refractivity (Wildman–Crippen MR) is 107 cm³/mol. The minimum absolute atomic E-state index is 0.0561. The molecule has 2 aromatic carbocycles. The number of halogens is 1. The van der Waals surface area contributed by atoms with E-state index in [1.54, 1.807) is 54.4 Å². The van der Waals surface area contributed by atoms with Crippen LogP contribution >= 0.6 is 0 Å². The third kappa shape index (κ3) is 4.74. The van der Waals surface area contributed by atoms with Gasteiger partial charge in [-0.2, -0.15) is 0 Å². The molecule has 0 N–H and O–H groups in total. The van der Waals surface area contributed by atoms with E-state index in [-0.39, 0.29) is 17.4 Å². The molecule has 0 aliphatic carbocycles. The monoisotopic (exact) mass is 398 g/mol. The molecule has 0 aromatic heterocycles. The number of rotatable bonds is 5. The molecule has 0 spiro atoms. The van der Waals surface area contributed by atoms with Crippen molar-refractivity contribution in [1.82, 2.24) is 9.80 Å². The first-order valence-corrected chi connectivity index (χ1v) is 9.26. The van der Waals surface area contributed by atoms with Crippen molar-refractivity contribution in [3.05, 3.63) is 65.5 Å². The first kappa shape index (κ1) is 20.4. The molecular formula is C22H23FN2O4. The minimum Gasteiger partial charge on any atom is -0.493 e. The molecule has 1 fully saturated rings. The average molecular weight is 398 g/mol. The van der Waals surface area contributed by atoms with Crippen LogP contribution in [-0.4, -0.2) is 62.0 Å². The predicted octanol–water partition coefficient (Wildman–Crippen LogP) is 2.84. The molecule has 2 aromatic rings. The SMILES string of the molecule is COc1ccc(C=CC(=O)N2CCN(C(=O)c3ccccc3F)CC2)cc1OC. The summed E-state index contributed by atoms with van der Waals surface area (Å²) in [6, 6.07) is 11.3. The summed E-state index contributed by atoms with van der Waals surface area (Å²) in [5.74, 6) is 0.177. The number of ether oxygens (including phenoxy) is 2. The molecule has 29 heavy (non-hydrogen) atoms. The van der Waals surface area contributed by atoms with Crippen molar-refractivity contribution in [1.29, 1.82) is 0 Å². The van der Waals surface area contributed by atoms with Crippen LogP contribution < -0.4 is 9.47 Å². The van der Waals surface area contributed by atoms with Gasteiger partial charge in [-0.25, -0.2) is 4.39 Å². The average Bonchev–Trinajstić information content (AvgIpc) is 2.77. The van der Waals surface area contributed by atoms with Crippen LogP contribution in [0.25, 0.3) is 6.08 Å². The Hall–Kier alpha value is -3.35. The number of hydrogen-bond donors (Lipinski definition) is 0. The zero-order valence-electron chi connectivity index (χ0n) is 16.4. The topological polar surface area (TPSA) is 59.1 Å². The Labute approximate surface area is 169 Å². The van der Waals surface area contributed by atoms with Crippen molar-refractivity contribution in [2.45, 2.75) is 0 Å². The lowest BCUT2D eigenvalue weighted by atomic mass is 10.1. The van der Waals surface area contributed by atoms with Crippen LogP contribution in [0, 0.1) is 5.82 Å². The van der Waals surface area contributed by atoms with Crippen molar-refractivity contribution in [2.24, 2.45) is 0 Å². The van der Waals surface area contributed by atoms with Gasteiger partial charge in [0.15, 0.2) is 11.5 Å². The Morgan fingerprint density at radius 3 is 2.24 bits per heavy atom.